The summed E-state index contributed by atoms with van der Waals surface area (Å²) >= 11 is 0. The highest BCUT2D eigenvalue weighted by molar-refractivity contribution is 5.92. The molecule has 2 heterocycles. The predicted octanol–water partition coefficient (Wildman–Crippen LogP) is 4.41. The summed E-state index contributed by atoms with van der Waals surface area (Å²) in [5.41, 5.74) is 4.58. The predicted molar refractivity (Wildman–Crippen MR) is 130 cm³/mol. The van der Waals surface area contributed by atoms with E-state index in [0.29, 0.717) is 12.3 Å². The maximum absolute atomic E-state index is 11.8. The van der Waals surface area contributed by atoms with Crippen LogP contribution in [0.5, 0.6) is 5.75 Å². The van der Waals surface area contributed by atoms with E-state index in [1.165, 1.54) is 16.6 Å². The monoisotopic (exact) mass is 432 g/mol. The lowest BCUT2D eigenvalue weighted by Gasteiger charge is -2.36. The number of carbonyl (C=O) groups is 1. The zero-order valence-corrected chi connectivity index (χ0v) is 19.0. The van der Waals surface area contributed by atoms with Crippen molar-refractivity contribution in [1.29, 1.82) is 0 Å². The molecule has 6 heteroatoms. The zero-order chi connectivity index (χ0) is 22.3. The Morgan fingerprint density at radius 3 is 2.69 bits per heavy atom. The van der Waals surface area contributed by atoms with Crippen LogP contribution in [0.15, 0.2) is 54.6 Å². The SMILES string of the molecule is CCCNC(=O)Oc1cccc(CCN2CCN(c3cccc4nc(C)ccc34)CC2)c1. The van der Waals surface area contributed by atoms with Gasteiger partial charge in [-0.15, -0.1) is 0 Å². The molecule has 168 valence electrons. The Morgan fingerprint density at radius 1 is 1.06 bits per heavy atom. The fraction of sp³-hybridized carbons (Fsp3) is 0.385. The third-order valence-corrected chi connectivity index (χ3v) is 5.91. The van der Waals surface area contributed by atoms with Gasteiger partial charge in [-0.1, -0.05) is 25.1 Å². The van der Waals surface area contributed by atoms with Crippen LogP contribution in [0.4, 0.5) is 10.5 Å². The lowest BCUT2D eigenvalue weighted by atomic mass is 10.1. The van der Waals surface area contributed by atoms with Crippen LogP contribution in [0.25, 0.3) is 10.9 Å². The van der Waals surface area contributed by atoms with Gasteiger partial charge in [0.05, 0.1) is 5.52 Å². The summed E-state index contributed by atoms with van der Waals surface area (Å²) in [6.07, 6.45) is 1.43. The second-order valence-corrected chi connectivity index (χ2v) is 8.34. The molecule has 0 unspecified atom stereocenters. The van der Waals surface area contributed by atoms with Crippen LogP contribution in [0, 0.1) is 6.92 Å². The van der Waals surface area contributed by atoms with Gasteiger partial charge in [-0.3, -0.25) is 9.88 Å². The molecular formula is C26H32N4O2. The Morgan fingerprint density at radius 2 is 1.88 bits per heavy atom. The van der Waals surface area contributed by atoms with Crippen molar-refractivity contribution in [1.82, 2.24) is 15.2 Å². The molecule has 0 aliphatic carbocycles. The number of nitrogens with zero attached hydrogens (tertiary/aromatic N) is 3. The minimum absolute atomic E-state index is 0.390. The van der Waals surface area contributed by atoms with E-state index in [2.05, 4.69) is 56.5 Å². The lowest BCUT2D eigenvalue weighted by Crippen LogP contribution is -2.47. The first-order valence-corrected chi connectivity index (χ1v) is 11.5. The molecule has 0 bridgehead atoms. The molecule has 1 amide bonds. The summed E-state index contributed by atoms with van der Waals surface area (Å²) < 4.78 is 5.38. The van der Waals surface area contributed by atoms with Crippen molar-refractivity contribution < 1.29 is 9.53 Å². The van der Waals surface area contributed by atoms with Crippen LogP contribution in [0.3, 0.4) is 0 Å². The Labute approximate surface area is 190 Å². The van der Waals surface area contributed by atoms with Gasteiger partial charge in [-0.2, -0.15) is 0 Å². The van der Waals surface area contributed by atoms with Gasteiger partial charge in [0, 0.05) is 56.0 Å². The number of pyridine rings is 1. The number of hydrogen-bond acceptors (Lipinski definition) is 5. The second kappa shape index (κ2) is 10.5. The Kier molecular flexibility index (Phi) is 7.22. The normalized spacial score (nSPS) is 14.5. The molecule has 1 N–H and O–H groups in total. The molecule has 4 rings (SSSR count). The first-order chi connectivity index (χ1) is 15.6. The van der Waals surface area contributed by atoms with Gasteiger partial charge in [-0.25, -0.2) is 4.79 Å². The first-order valence-electron chi connectivity index (χ1n) is 11.5. The third kappa shape index (κ3) is 5.56. The number of aryl methyl sites for hydroxylation is 1. The van der Waals surface area contributed by atoms with Crippen LogP contribution >= 0.6 is 0 Å². The molecule has 1 saturated heterocycles. The van der Waals surface area contributed by atoms with E-state index in [4.69, 9.17) is 4.74 Å². The molecule has 6 nitrogen and oxygen atoms in total. The topological polar surface area (TPSA) is 57.7 Å². The summed E-state index contributed by atoms with van der Waals surface area (Å²) in [5.74, 6) is 0.598. The number of hydrogen-bond donors (Lipinski definition) is 1. The van der Waals surface area contributed by atoms with E-state index in [1.807, 2.05) is 32.0 Å². The number of fused-ring (bicyclic) bond motifs is 1. The summed E-state index contributed by atoms with van der Waals surface area (Å²) in [4.78, 5) is 21.4. The van der Waals surface area contributed by atoms with Gasteiger partial charge in [0.15, 0.2) is 0 Å². The van der Waals surface area contributed by atoms with Gasteiger partial charge in [0.25, 0.3) is 0 Å². The van der Waals surface area contributed by atoms with E-state index in [0.717, 1.165) is 56.8 Å². The van der Waals surface area contributed by atoms with Gasteiger partial charge < -0.3 is 15.0 Å². The Bertz CT molecular complexity index is 1060. The maximum atomic E-state index is 11.8. The molecule has 1 aliphatic rings. The molecule has 1 aromatic heterocycles. The molecule has 1 fully saturated rings. The summed E-state index contributed by atoms with van der Waals surface area (Å²) in [6.45, 7) is 9.75. The Hall–Kier alpha value is -3.12. The highest BCUT2D eigenvalue weighted by Crippen LogP contribution is 2.27. The van der Waals surface area contributed by atoms with Gasteiger partial charge in [0.2, 0.25) is 0 Å². The highest BCUT2D eigenvalue weighted by Gasteiger charge is 2.19. The van der Waals surface area contributed by atoms with Gasteiger partial charge in [-0.05, 0) is 61.7 Å². The average Bonchev–Trinajstić information content (AvgIpc) is 2.81. The second-order valence-electron chi connectivity index (χ2n) is 8.34. The Balaban J connectivity index is 1.30. The molecule has 0 atom stereocenters. The molecule has 1 aliphatic heterocycles. The van der Waals surface area contributed by atoms with Gasteiger partial charge in [0.1, 0.15) is 5.75 Å². The van der Waals surface area contributed by atoms with E-state index >= 15 is 0 Å². The molecule has 0 radical (unpaired) electrons. The minimum atomic E-state index is -0.390. The first kappa shape index (κ1) is 22.1. The minimum Gasteiger partial charge on any atom is -0.410 e. The number of ether oxygens (including phenoxy) is 1. The number of amides is 1. The van der Waals surface area contributed by atoms with E-state index in [-0.39, 0.29) is 6.09 Å². The quantitative estimate of drug-likeness (QED) is 0.599. The van der Waals surface area contributed by atoms with Crippen molar-refractivity contribution in [3.8, 4) is 5.75 Å². The highest BCUT2D eigenvalue weighted by atomic mass is 16.6. The van der Waals surface area contributed by atoms with Crippen molar-refractivity contribution in [2.45, 2.75) is 26.7 Å². The molecule has 0 saturated carbocycles. The average molecular weight is 433 g/mol. The number of nitrogens with one attached hydrogen (secondary N) is 1. The fourth-order valence-corrected chi connectivity index (χ4v) is 4.15. The maximum Gasteiger partial charge on any atom is 0.412 e. The van der Waals surface area contributed by atoms with Crippen LogP contribution < -0.4 is 15.0 Å². The molecular weight excluding hydrogens is 400 g/mol. The van der Waals surface area contributed by atoms with Crippen LogP contribution in [0.2, 0.25) is 0 Å². The number of aromatic nitrogens is 1. The number of carbonyl (C=O) groups excluding carboxylic acids is 1. The number of anilines is 1. The molecule has 0 spiro atoms. The summed E-state index contributed by atoms with van der Waals surface area (Å²) in [5, 5.41) is 3.97. The zero-order valence-electron chi connectivity index (χ0n) is 19.0. The lowest BCUT2D eigenvalue weighted by molar-refractivity contribution is 0.200. The van der Waals surface area contributed by atoms with Crippen LogP contribution in [-0.2, 0) is 6.42 Å². The van der Waals surface area contributed by atoms with E-state index < -0.39 is 0 Å². The van der Waals surface area contributed by atoms with Crippen LogP contribution in [-0.4, -0.2) is 55.2 Å². The largest absolute Gasteiger partial charge is 0.412 e. The van der Waals surface area contributed by atoms with Crippen molar-refractivity contribution in [2.75, 3.05) is 44.2 Å². The molecule has 2 aromatic carbocycles. The van der Waals surface area contributed by atoms with E-state index in [1.54, 1.807) is 0 Å². The summed E-state index contributed by atoms with van der Waals surface area (Å²) in [6, 6.07) is 18.5. The van der Waals surface area contributed by atoms with Gasteiger partial charge >= 0.3 is 6.09 Å². The fourth-order valence-electron chi connectivity index (χ4n) is 4.15. The molecule has 32 heavy (non-hydrogen) atoms. The van der Waals surface area contributed by atoms with Crippen molar-refractivity contribution in [3.63, 3.8) is 0 Å². The van der Waals surface area contributed by atoms with Crippen molar-refractivity contribution >= 4 is 22.7 Å². The van der Waals surface area contributed by atoms with Crippen LogP contribution in [0.1, 0.15) is 24.6 Å². The van der Waals surface area contributed by atoms with Crippen molar-refractivity contribution in [2.24, 2.45) is 0 Å². The standard InChI is InChI=1S/C26H32N4O2/c1-3-13-27-26(31)32-22-7-4-6-21(19-22)12-14-29-15-17-30(18-16-29)25-9-5-8-24-23(25)11-10-20(2)28-24/h4-11,19H,3,12-18H2,1-2H3,(H,27,31). The van der Waals surface area contributed by atoms with Crippen molar-refractivity contribution in [3.05, 3.63) is 65.9 Å². The smallest absolute Gasteiger partial charge is 0.410 e. The number of rotatable bonds is 7. The number of piperazine rings is 1. The molecule has 3 aromatic rings. The number of benzene rings is 2. The van der Waals surface area contributed by atoms with E-state index in [9.17, 15) is 4.79 Å². The third-order valence-electron chi connectivity index (χ3n) is 5.91. The summed E-state index contributed by atoms with van der Waals surface area (Å²) in [7, 11) is 0.